The normalized spacial score (nSPS) is 10.7. The molecule has 0 aliphatic carbocycles. The monoisotopic (exact) mass is 425 g/mol. The van der Waals surface area contributed by atoms with Gasteiger partial charge in [-0.2, -0.15) is 0 Å². The van der Waals surface area contributed by atoms with Crippen molar-refractivity contribution in [2.75, 3.05) is 5.32 Å². The van der Waals surface area contributed by atoms with Crippen molar-refractivity contribution in [2.45, 2.75) is 13.5 Å². The first-order chi connectivity index (χ1) is 14.1. The number of carbonyl (C=O) groups is 1. The summed E-state index contributed by atoms with van der Waals surface area (Å²) in [7, 11) is 0. The molecule has 4 rings (SSSR count). The molecule has 1 amide bonds. The first-order valence-corrected chi connectivity index (χ1v) is 9.99. The smallest absolute Gasteiger partial charge is 0.268 e. The topological polar surface area (TPSA) is 77.2 Å². The molecule has 0 atom stereocenters. The van der Waals surface area contributed by atoms with Crippen molar-refractivity contribution in [3.8, 4) is 17.2 Å². The van der Waals surface area contributed by atoms with Crippen LogP contribution in [-0.4, -0.2) is 15.9 Å². The molecule has 6 nitrogen and oxygen atoms in total. The molecule has 0 bridgehead atoms. The van der Waals surface area contributed by atoms with Gasteiger partial charge in [0.25, 0.3) is 5.91 Å². The third-order valence-corrected chi connectivity index (χ3v) is 5.30. The zero-order chi connectivity index (χ0) is 20.2. The van der Waals surface area contributed by atoms with Gasteiger partial charge in [0.1, 0.15) is 18.1 Å². The fourth-order valence-corrected chi connectivity index (χ4v) is 3.56. The van der Waals surface area contributed by atoms with Gasteiger partial charge in [-0.1, -0.05) is 17.7 Å². The minimum Gasteiger partial charge on any atom is -0.487 e. The summed E-state index contributed by atoms with van der Waals surface area (Å²) < 4.78 is 11.1. The summed E-state index contributed by atoms with van der Waals surface area (Å²) in [5, 5.41) is 5.14. The molecule has 4 aromatic rings. The molecule has 0 spiro atoms. The van der Waals surface area contributed by atoms with Crippen molar-refractivity contribution in [2.24, 2.45) is 0 Å². The van der Waals surface area contributed by atoms with Gasteiger partial charge in [0.05, 0.1) is 16.2 Å². The molecule has 3 heterocycles. The molecule has 1 N–H and O–H groups in total. The number of hydrogen-bond donors (Lipinski definition) is 1. The zero-order valence-electron chi connectivity index (χ0n) is 15.4. The van der Waals surface area contributed by atoms with Crippen molar-refractivity contribution in [1.82, 2.24) is 9.97 Å². The summed E-state index contributed by atoms with van der Waals surface area (Å²) in [5.41, 5.74) is 2.53. The lowest BCUT2D eigenvalue weighted by Gasteiger charge is -2.07. The van der Waals surface area contributed by atoms with Crippen molar-refractivity contribution in [1.29, 1.82) is 0 Å². The predicted octanol–water partition coefficient (Wildman–Crippen LogP) is 5.59. The summed E-state index contributed by atoms with van der Waals surface area (Å²) in [5.74, 6) is 1.15. The predicted molar refractivity (Wildman–Crippen MR) is 113 cm³/mol. The first-order valence-electron chi connectivity index (χ1n) is 8.73. The molecule has 0 radical (unpaired) electrons. The van der Waals surface area contributed by atoms with E-state index >= 15 is 0 Å². The van der Waals surface area contributed by atoms with E-state index in [2.05, 4.69) is 15.3 Å². The molecular formula is C21H16ClN3O3S. The van der Waals surface area contributed by atoms with E-state index in [1.165, 1.54) is 11.3 Å². The second kappa shape index (κ2) is 8.46. The van der Waals surface area contributed by atoms with Crippen LogP contribution < -0.4 is 10.1 Å². The van der Waals surface area contributed by atoms with Crippen LogP contribution >= 0.6 is 22.9 Å². The summed E-state index contributed by atoms with van der Waals surface area (Å²) in [4.78, 5) is 21.5. The van der Waals surface area contributed by atoms with Crippen molar-refractivity contribution in [3.05, 3.63) is 81.3 Å². The number of aryl methyl sites for hydroxylation is 1. The average Bonchev–Trinajstić information content (AvgIpc) is 3.41. The molecule has 0 aliphatic heterocycles. The van der Waals surface area contributed by atoms with Gasteiger partial charge in [0.15, 0.2) is 5.76 Å². The van der Waals surface area contributed by atoms with Crippen LogP contribution in [0.25, 0.3) is 11.5 Å². The first kappa shape index (κ1) is 19.2. The Morgan fingerprint density at radius 1 is 1.28 bits per heavy atom. The van der Waals surface area contributed by atoms with E-state index in [1.54, 1.807) is 42.8 Å². The van der Waals surface area contributed by atoms with E-state index in [9.17, 15) is 4.79 Å². The van der Waals surface area contributed by atoms with Crippen LogP contribution in [0.1, 0.15) is 20.8 Å². The fourth-order valence-electron chi connectivity index (χ4n) is 2.60. The van der Waals surface area contributed by atoms with Crippen molar-refractivity contribution in [3.63, 3.8) is 0 Å². The molecule has 29 heavy (non-hydrogen) atoms. The number of carbonyl (C=O) groups excluding carboxylic acids is 1. The third-order valence-electron chi connectivity index (χ3n) is 4.01. The molecule has 0 saturated carbocycles. The highest BCUT2D eigenvalue weighted by atomic mass is 35.5. The molecule has 1 aromatic carbocycles. The molecule has 8 heteroatoms. The van der Waals surface area contributed by atoms with Crippen LogP contribution in [0.5, 0.6) is 5.75 Å². The van der Waals surface area contributed by atoms with Gasteiger partial charge in [-0.3, -0.25) is 10.1 Å². The number of nitrogens with zero attached hydrogens (tertiary/aromatic N) is 2. The van der Waals surface area contributed by atoms with Gasteiger partial charge < -0.3 is 9.15 Å². The van der Waals surface area contributed by atoms with Crippen LogP contribution in [0.4, 0.5) is 5.95 Å². The number of furan rings is 1. The Kier molecular flexibility index (Phi) is 5.59. The average molecular weight is 426 g/mol. The van der Waals surface area contributed by atoms with Crippen LogP contribution in [0, 0.1) is 6.92 Å². The number of thiophene rings is 1. The maximum atomic E-state index is 12.5. The maximum Gasteiger partial charge on any atom is 0.268 e. The summed E-state index contributed by atoms with van der Waals surface area (Å²) >= 11 is 7.47. The molecule has 3 aromatic heterocycles. The van der Waals surface area contributed by atoms with Gasteiger partial charge in [-0.15, -0.1) is 11.3 Å². The Hall–Kier alpha value is -3.16. The number of amides is 1. The third kappa shape index (κ3) is 4.64. The Morgan fingerprint density at radius 3 is 3.00 bits per heavy atom. The molecular weight excluding hydrogens is 410 g/mol. The number of hydrogen-bond acceptors (Lipinski definition) is 6. The van der Waals surface area contributed by atoms with Crippen LogP contribution in [0.2, 0.25) is 5.02 Å². The van der Waals surface area contributed by atoms with E-state index in [-0.39, 0.29) is 11.9 Å². The fraction of sp³-hybridized carbons (Fsp3) is 0.0952. The Balaban J connectivity index is 1.41. The zero-order valence-corrected chi connectivity index (χ0v) is 17.0. The summed E-state index contributed by atoms with van der Waals surface area (Å²) in [6.45, 7) is 2.29. The number of nitrogens with one attached hydrogen (secondary N) is 1. The van der Waals surface area contributed by atoms with Crippen molar-refractivity contribution < 1.29 is 13.9 Å². The van der Waals surface area contributed by atoms with Crippen LogP contribution in [-0.2, 0) is 6.61 Å². The Morgan fingerprint density at radius 2 is 2.17 bits per heavy atom. The molecule has 146 valence electrons. The Labute approximate surface area is 176 Å². The van der Waals surface area contributed by atoms with Gasteiger partial charge in [-0.25, -0.2) is 9.97 Å². The summed E-state index contributed by atoms with van der Waals surface area (Å²) in [6.07, 6.45) is 3.13. The lowest BCUT2D eigenvalue weighted by atomic mass is 10.2. The van der Waals surface area contributed by atoms with Crippen LogP contribution in [0.15, 0.2) is 64.7 Å². The number of benzene rings is 1. The minimum atomic E-state index is -0.286. The highest BCUT2D eigenvalue weighted by Gasteiger charge is 2.13. The second-order valence-electron chi connectivity index (χ2n) is 6.24. The van der Waals surface area contributed by atoms with Gasteiger partial charge in [0.2, 0.25) is 5.95 Å². The van der Waals surface area contributed by atoms with E-state index < -0.39 is 0 Å². The van der Waals surface area contributed by atoms with E-state index in [4.69, 9.17) is 20.8 Å². The lowest BCUT2D eigenvalue weighted by molar-refractivity contribution is 0.102. The largest absolute Gasteiger partial charge is 0.487 e. The van der Waals surface area contributed by atoms with Gasteiger partial charge >= 0.3 is 0 Å². The van der Waals surface area contributed by atoms with Gasteiger partial charge in [0, 0.05) is 11.8 Å². The summed E-state index contributed by atoms with van der Waals surface area (Å²) in [6, 6.07) is 12.7. The standard InChI is InChI=1S/C21H16ClN3O3S/c1-13-4-5-15(22)18(9-13)28-11-14-10-19(29-12-14)20(26)25-21-23-7-6-16(24-21)17-3-2-8-27-17/h2-10,12H,11H2,1H3,(H,23,24,25,26). The molecule has 0 unspecified atom stereocenters. The van der Waals surface area contributed by atoms with E-state index in [0.29, 0.717) is 33.7 Å². The SMILES string of the molecule is Cc1ccc(Cl)c(OCc2csc(C(=O)Nc3nccc(-c4ccco4)n3)c2)c1. The lowest BCUT2D eigenvalue weighted by Crippen LogP contribution is -2.13. The number of ether oxygens (including phenoxy) is 1. The molecule has 0 saturated heterocycles. The highest BCUT2D eigenvalue weighted by Crippen LogP contribution is 2.27. The van der Waals surface area contributed by atoms with Crippen LogP contribution in [0.3, 0.4) is 0 Å². The number of halogens is 1. The highest BCUT2D eigenvalue weighted by molar-refractivity contribution is 7.12. The maximum absolute atomic E-state index is 12.5. The minimum absolute atomic E-state index is 0.210. The van der Waals surface area contributed by atoms with Gasteiger partial charge in [-0.05, 0) is 54.3 Å². The van der Waals surface area contributed by atoms with E-state index in [0.717, 1.165) is 11.1 Å². The number of anilines is 1. The number of rotatable bonds is 6. The molecule has 0 fully saturated rings. The Bertz CT molecular complexity index is 1140. The molecule has 0 aliphatic rings. The van der Waals surface area contributed by atoms with Crippen molar-refractivity contribution >= 4 is 34.8 Å². The second-order valence-corrected chi connectivity index (χ2v) is 7.56. The quantitative estimate of drug-likeness (QED) is 0.435. The van der Waals surface area contributed by atoms with E-state index in [1.807, 2.05) is 24.4 Å². The number of aromatic nitrogens is 2.